The summed E-state index contributed by atoms with van der Waals surface area (Å²) in [5.41, 5.74) is 7.03. The number of anilines is 1. The Kier molecular flexibility index (Phi) is 4.74. The van der Waals surface area contributed by atoms with Gasteiger partial charge in [-0.2, -0.15) is 0 Å². The predicted molar refractivity (Wildman–Crippen MR) is 69.6 cm³/mol. The van der Waals surface area contributed by atoms with E-state index in [0.717, 1.165) is 24.3 Å². The molecule has 16 heavy (non-hydrogen) atoms. The average molecular weight is 221 g/mol. The quantitative estimate of drug-likeness (QED) is 0.831. The highest BCUT2D eigenvalue weighted by molar-refractivity contribution is 5.42. The van der Waals surface area contributed by atoms with E-state index in [-0.39, 0.29) is 6.04 Å². The van der Waals surface area contributed by atoms with Crippen molar-refractivity contribution in [3.63, 3.8) is 0 Å². The second kappa shape index (κ2) is 5.85. The zero-order chi connectivity index (χ0) is 12.1. The van der Waals surface area contributed by atoms with Crippen molar-refractivity contribution in [2.45, 2.75) is 46.2 Å². The van der Waals surface area contributed by atoms with Crippen LogP contribution in [-0.2, 0) is 0 Å². The molecule has 0 fully saturated rings. The third-order valence-electron chi connectivity index (χ3n) is 3.05. The highest BCUT2D eigenvalue weighted by Gasteiger charge is 2.13. The second-order valence-electron chi connectivity index (χ2n) is 4.28. The number of aromatic nitrogens is 1. The summed E-state index contributed by atoms with van der Waals surface area (Å²) in [6.45, 7) is 9.56. The third-order valence-corrected chi connectivity index (χ3v) is 3.05. The Bertz CT molecular complexity index is 323. The van der Waals surface area contributed by atoms with Crippen molar-refractivity contribution >= 4 is 5.82 Å². The molecule has 2 atom stereocenters. The Morgan fingerprint density at radius 1 is 1.38 bits per heavy atom. The van der Waals surface area contributed by atoms with E-state index >= 15 is 0 Å². The Labute approximate surface area is 98.7 Å². The Morgan fingerprint density at radius 2 is 2.06 bits per heavy atom. The molecule has 1 heterocycles. The predicted octanol–water partition coefficient (Wildman–Crippen LogP) is 2.73. The molecule has 0 aliphatic rings. The van der Waals surface area contributed by atoms with Gasteiger partial charge in [-0.1, -0.05) is 6.92 Å². The van der Waals surface area contributed by atoms with Crippen LogP contribution in [0.25, 0.3) is 0 Å². The van der Waals surface area contributed by atoms with E-state index in [4.69, 9.17) is 5.73 Å². The summed E-state index contributed by atoms with van der Waals surface area (Å²) in [6, 6.07) is 4.66. The van der Waals surface area contributed by atoms with E-state index in [1.807, 2.05) is 19.2 Å². The van der Waals surface area contributed by atoms with Crippen molar-refractivity contribution in [3.8, 4) is 0 Å². The molecule has 1 aromatic heterocycles. The lowest BCUT2D eigenvalue weighted by Gasteiger charge is -2.28. The Balaban J connectivity index is 2.96. The fraction of sp³-hybridized carbons (Fsp3) is 0.615. The van der Waals surface area contributed by atoms with Crippen molar-refractivity contribution in [3.05, 3.63) is 23.9 Å². The van der Waals surface area contributed by atoms with Crippen molar-refractivity contribution < 1.29 is 0 Å². The zero-order valence-corrected chi connectivity index (χ0v) is 10.8. The van der Waals surface area contributed by atoms with Crippen LogP contribution in [0.1, 0.15) is 45.7 Å². The molecule has 3 heteroatoms. The van der Waals surface area contributed by atoms with Gasteiger partial charge in [-0.05, 0) is 44.9 Å². The number of hydrogen-bond acceptors (Lipinski definition) is 3. The summed E-state index contributed by atoms with van der Waals surface area (Å²) < 4.78 is 0. The Hall–Kier alpha value is -1.09. The molecule has 0 radical (unpaired) electrons. The number of nitrogens with zero attached hydrogens (tertiary/aromatic N) is 2. The van der Waals surface area contributed by atoms with Gasteiger partial charge in [0.1, 0.15) is 5.82 Å². The van der Waals surface area contributed by atoms with Gasteiger partial charge >= 0.3 is 0 Å². The molecule has 1 unspecified atom stereocenters. The largest absolute Gasteiger partial charge is 0.354 e. The standard InChI is InChI=1S/C13H23N3/c1-5-10(3)16(6-2)13-9-12(11(4)14)7-8-15-13/h7-11H,5-6,14H2,1-4H3/t10?,11-/m1/s1. The molecular weight excluding hydrogens is 198 g/mol. The lowest BCUT2D eigenvalue weighted by Crippen LogP contribution is -2.33. The molecule has 0 saturated heterocycles. The maximum absolute atomic E-state index is 5.89. The van der Waals surface area contributed by atoms with Gasteiger partial charge in [0.05, 0.1) is 0 Å². The van der Waals surface area contributed by atoms with Gasteiger partial charge in [-0.3, -0.25) is 0 Å². The summed E-state index contributed by atoms with van der Waals surface area (Å²) in [5, 5.41) is 0. The smallest absolute Gasteiger partial charge is 0.129 e. The highest BCUT2D eigenvalue weighted by Crippen LogP contribution is 2.19. The molecule has 2 N–H and O–H groups in total. The maximum atomic E-state index is 5.89. The number of pyridine rings is 1. The van der Waals surface area contributed by atoms with Gasteiger partial charge in [0.15, 0.2) is 0 Å². The third kappa shape index (κ3) is 2.95. The van der Waals surface area contributed by atoms with E-state index in [2.05, 4.69) is 36.7 Å². The van der Waals surface area contributed by atoms with Crippen molar-refractivity contribution in [1.29, 1.82) is 0 Å². The Morgan fingerprint density at radius 3 is 2.56 bits per heavy atom. The molecule has 0 aliphatic carbocycles. The van der Waals surface area contributed by atoms with Crippen LogP contribution < -0.4 is 10.6 Å². The van der Waals surface area contributed by atoms with Gasteiger partial charge in [-0.15, -0.1) is 0 Å². The van der Waals surface area contributed by atoms with Crippen LogP contribution in [0.3, 0.4) is 0 Å². The monoisotopic (exact) mass is 221 g/mol. The number of rotatable bonds is 5. The number of nitrogens with two attached hydrogens (primary N) is 1. The molecule has 1 aromatic rings. The molecule has 0 aliphatic heterocycles. The van der Waals surface area contributed by atoms with Gasteiger partial charge in [0.25, 0.3) is 0 Å². The van der Waals surface area contributed by atoms with Gasteiger partial charge in [-0.25, -0.2) is 4.98 Å². The highest BCUT2D eigenvalue weighted by atomic mass is 15.2. The van der Waals surface area contributed by atoms with Gasteiger partial charge < -0.3 is 10.6 Å². The first-order valence-electron chi connectivity index (χ1n) is 6.08. The van der Waals surface area contributed by atoms with Crippen LogP contribution >= 0.6 is 0 Å². The normalized spacial score (nSPS) is 14.6. The zero-order valence-electron chi connectivity index (χ0n) is 10.8. The minimum atomic E-state index is 0.0670. The summed E-state index contributed by atoms with van der Waals surface area (Å²) in [7, 11) is 0. The summed E-state index contributed by atoms with van der Waals surface area (Å²) in [6.07, 6.45) is 2.97. The molecule has 0 aromatic carbocycles. The first-order chi connectivity index (χ1) is 7.60. The maximum Gasteiger partial charge on any atom is 0.129 e. The molecule has 0 bridgehead atoms. The second-order valence-corrected chi connectivity index (χ2v) is 4.28. The molecule has 90 valence electrons. The summed E-state index contributed by atoms with van der Waals surface area (Å²) in [5.74, 6) is 1.03. The number of hydrogen-bond donors (Lipinski definition) is 1. The van der Waals surface area contributed by atoms with Crippen LogP contribution in [0.5, 0.6) is 0 Å². The van der Waals surface area contributed by atoms with Crippen LogP contribution in [0.15, 0.2) is 18.3 Å². The molecule has 3 nitrogen and oxygen atoms in total. The van der Waals surface area contributed by atoms with Crippen LogP contribution in [0.4, 0.5) is 5.82 Å². The van der Waals surface area contributed by atoms with Crippen LogP contribution in [0, 0.1) is 0 Å². The first kappa shape index (κ1) is 13.0. The van der Waals surface area contributed by atoms with E-state index in [1.54, 1.807) is 0 Å². The molecular formula is C13H23N3. The van der Waals surface area contributed by atoms with Crippen LogP contribution in [-0.4, -0.2) is 17.6 Å². The topological polar surface area (TPSA) is 42.1 Å². The molecule has 1 rings (SSSR count). The van der Waals surface area contributed by atoms with E-state index in [9.17, 15) is 0 Å². The fourth-order valence-electron chi connectivity index (χ4n) is 1.79. The molecule has 0 amide bonds. The minimum Gasteiger partial charge on any atom is -0.354 e. The van der Waals surface area contributed by atoms with E-state index in [0.29, 0.717) is 6.04 Å². The molecule has 0 saturated carbocycles. The summed E-state index contributed by atoms with van der Waals surface area (Å²) in [4.78, 5) is 6.74. The molecule has 0 spiro atoms. The fourth-order valence-corrected chi connectivity index (χ4v) is 1.79. The first-order valence-corrected chi connectivity index (χ1v) is 6.08. The lowest BCUT2D eigenvalue weighted by atomic mass is 10.1. The van der Waals surface area contributed by atoms with E-state index < -0.39 is 0 Å². The summed E-state index contributed by atoms with van der Waals surface area (Å²) >= 11 is 0. The average Bonchev–Trinajstić information content (AvgIpc) is 2.30. The van der Waals surface area contributed by atoms with Gasteiger partial charge in [0.2, 0.25) is 0 Å². The van der Waals surface area contributed by atoms with Crippen molar-refractivity contribution in [2.24, 2.45) is 5.73 Å². The van der Waals surface area contributed by atoms with Crippen LogP contribution in [0.2, 0.25) is 0 Å². The minimum absolute atomic E-state index is 0.0670. The van der Waals surface area contributed by atoms with Crippen molar-refractivity contribution in [1.82, 2.24) is 4.98 Å². The van der Waals surface area contributed by atoms with Crippen molar-refractivity contribution in [2.75, 3.05) is 11.4 Å². The van der Waals surface area contributed by atoms with E-state index in [1.165, 1.54) is 0 Å². The SMILES string of the molecule is CCC(C)N(CC)c1cc([C@@H](C)N)ccn1. The van der Waals surface area contributed by atoms with Gasteiger partial charge in [0, 0.05) is 24.8 Å². The lowest BCUT2D eigenvalue weighted by molar-refractivity contribution is 0.622.